The van der Waals surface area contributed by atoms with Crippen LogP contribution in [0, 0.1) is 11.2 Å². The molecule has 2 fully saturated rings. The minimum atomic E-state index is -0.184. The summed E-state index contributed by atoms with van der Waals surface area (Å²) in [5.74, 6) is 0.155. The van der Waals surface area contributed by atoms with Gasteiger partial charge in [0.1, 0.15) is 5.82 Å². The number of piperazine rings is 1. The Balaban J connectivity index is 1.54. The maximum atomic E-state index is 13.2. The highest BCUT2D eigenvalue weighted by Crippen LogP contribution is 2.42. The Morgan fingerprint density at radius 1 is 1.15 bits per heavy atom. The maximum Gasteiger partial charge on any atom is 0.228 e. The Kier molecular flexibility index (Phi) is 6.09. The maximum absolute atomic E-state index is 13.2. The van der Waals surface area contributed by atoms with E-state index in [0.717, 1.165) is 57.5 Å². The van der Waals surface area contributed by atoms with E-state index in [1.54, 1.807) is 0 Å². The highest BCUT2D eigenvalue weighted by molar-refractivity contribution is 5.85. The first kappa shape index (κ1) is 20.1. The van der Waals surface area contributed by atoms with Crippen molar-refractivity contribution in [2.24, 2.45) is 5.41 Å². The van der Waals surface area contributed by atoms with Gasteiger partial charge in [-0.25, -0.2) is 4.39 Å². The second kappa shape index (κ2) is 8.17. The van der Waals surface area contributed by atoms with Crippen molar-refractivity contribution in [1.29, 1.82) is 0 Å². The van der Waals surface area contributed by atoms with E-state index in [-0.39, 0.29) is 11.2 Å². The van der Waals surface area contributed by atoms with Crippen LogP contribution in [-0.2, 0) is 4.79 Å². The van der Waals surface area contributed by atoms with E-state index in [1.807, 2.05) is 24.1 Å². The van der Waals surface area contributed by atoms with Crippen molar-refractivity contribution >= 4 is 11.6 Å². The number of hydrogen-bond acceptors (Lipinski definition) is 3. The summed E-state index contributed by atoms with van der Waals surface area (Å²) in [5.41, 5.74) is 0.964. The molecular formula is C22H34FN3O. The van der Waals surface area contributed by atoms with Crippen molar-refractivity contribution in [1.82, 2.24) is 9.80 Å². The minimum Gasteiger partial charge on any atom is -0.369 e. The number of halogens is 1. The SMILES string of the molecule is CCC1(CC)CC(CCN2CCN(c3ccc(F)cc3)CC2C)N(C)C1=O. The normalized spacial score (nSPS) is 26.0. The third kappa shape index (κ3) is 3.98. The molecule has 2 heterocycles. The Morgan fingerprint density at radius 3 is 2.37 bits per heavy atom. The van der Waals surface area contributed by atoms with Gasteiger partial charge in [0.25, 0.3) is 0 Å². The number of nitrogens with zero attached hydrogens (tertiary/aromatic N) is 3. The molecular weight excluding hydrogens is 341 g/mol. The Bertz CT molecular complexity index is 643. The number of anilines is 1. The van der Waals surface area contributed by atoms with E-state index in [0.29, 0.717) is 18.0 Å². The van der Waals surface area contributed by atoms with Gasteiger partial charge in [0.2, 0.25) is 5.91 Å². The van der Waals surface area contributed by atoms with Gasteiger partial charge in [0.05, 0.1) is 5.41 Å². The molecule has 150 valence electrons. The molecule has 0 spiro atoms. The number of carbonyl (C=O) groups excluding carboxylic acids is 1. The summed E-state index contributed by atoms with van der Waals surface area (Å²) >= 11 is 0. The van der Waals surface area contributed by atoms with Crippen LogP contribution < -0.4 is 4.90 Å². The summed E-state index contributed by atoms with van der Waals surface area (Å²) < 4.78 is 13.2. The fourth-order valence-electron chi connectivity index (χ4n) is 4.88. The lowest BCUT2D eigenvalue weighted by atomic mass is 9.79. The topological polar surface area (TPSA) is 26.8 Å². The van der Waals surface area contributed by atoms with Crippen LogP contribution >= 0.6 is 0 Å². The van der Waals surface area contributed by atoms with Crippen LogP contribution in [0.3, 0.4) is 0 Å². The third-order valence-electron chi connectivity index (χ3n) is 7.01. The predicted octanol–water partition coefficient (Wildman–Crippen LogP) is 3.76. The molecule has 0 aliphatic carbocycles. The van der Waals surface area contributed by atoms with Gasteiger partial charge < -0.3 is 9.80 Å². The first-order valence-corrected chi connectivity index (χ1v) is 10.4. The van der Waals surface area contributed by atoms with Crippen LogP contribution in [-0.4, -0.2) is 61.0 Å². The van der Waals surface area contributed by atoms with Gasteiger partial charge in [-0.05, 0) is 56.9 Å². The zero-order chi connectivity index (χ0) is 19.6. The lowest BCUT2D eigenvalue weighted by Gasteiger charge is -2.41. The molecule has 2 aliphatic heterocycles. The van der Waals surface area contributed by atoms with E-state index in [1.165, 1.54) is 12.1 Å². The van der Waals surface area contributed by atoms with Gasteiger partial charge in [-0.15, -0.1) is 0 Å². The van der Waals surface area contributed by atoms with Crippen molar-refractivity contribution < 1.29 is 9.18 Å². The molecule has 1 amide bonds. The Morgan fingerprint density at radius 2 is 1.81 bits per heavy atom. The molecule has 5 heteroatoms. The Hall–Kier alpha value is -1.62. The third-order valence-corrected chi connectivity index (χ3v) is 7.01. The summed E-state index contributed by atoms with van der Waals surface area (Å²) in [6.45, 7) is 10.5. The second-order valence-electron chi connectivity index (χ2n) is 8.36. The van der Waals surface area contributed by atoms with E-state index in [2.05, 4.69) is 30.6 Å². The molecule has 2 saturated heterocycles. The summed E-state index contributed by atoms with van der Waals surface area (Å²) in [6.07, 6.45) is 3.93. The number of amides is 1. The van der Waals surface area contributed by atoms with Gasteiger partial charge in [-0.3, -0.25) is 9.69 Å². The van der Waals surface area contributed by atoms with Gasteiger partial charge in [-0.1, -0.05) is 13.8 Å². The summed E-state index contributed by atoms with van der Waals surface area (Å²) in [4.78, 5) is 19.6. The largest absolute Gasteiger partial charge is 0.369 e. The number of benzene rings is 1. The lowest BCUT2D eigenvalue weighted by Crippen LogP contribution is -2.52. The van der Waals surface area contributed by atoms with Crippen LogP contribution in [0.1, 0.15) is 46.5 Å². The van der Waals surface area contributed by atoms with Gasteiger partial charge in [-0.2, -0.15) is 0 Å². The van der Waals surface area contributed by atoms with Crippen molar-refractivity contribution in [2.75, 3.05) is 38.1 Å². The predicted molar refractivity (Wildman–Crippen MR) is 108 cm³/mol. The molecule has 3 rings (SSSR count). The molecule has 1 aromatic rings. The first-order valence-electron chi connectivity index (χ1n) is 10.4. The van der Waals surface area contributed by atoms with E-state index >= 15 is 0 Å². The zero-order valence-corrected chi connectivity index (χ0v) is 17.2. The smallest absolute Gasteiger partial charge is 0.228 e. The molecule has 27 heavy (non-hydrogen) atoms. The number of hydrogen-bond donors (Lipinski definition) is 0. The minimum absolute atomic E-state index is 0.133. The van der Waals surface area contributed by atoms with Crippen LogP contribution in [0.25, 0.3) is 0 Å². The van der Waals surface area contributed by atoms with Gasteiger partial charge in [0.15, 0.2) is 0 Å². The molecule has 1 aromatic carbocycles. The van der Waals surface area contributed by atoms with Crippen LogP contribution in [0.2, 0.25) is 0 Å². The van der Waals surface area contributed by atoms with Crippen LogP contribution in [0.5, 0.6) is 0 Å². The summed E-state index contributed by atoms with van der Waals surface area (Å²) in [5, 5.41) is 0. The molecule has 2 aliphatic rings. The Labute approximate surface area is 163 Å². The molecule has 2 atom stereocenters. The molecule has 0 N–H and O–H groups in total. The molecule has 0 aromatic heterocycles. The molecule has 0 bridgehead atoms. The van der Waals surface area contributed by atoms with Crippen molar-refractivity contribution in [3.8, 4) is 0 Å². The highest BCUT2D eigenvalue weighted by Gasteiger charge is 2.47. The average Bonchev–Trinajstić information content (AvgIpc) is 2.92. The highest BCUT2D eigenvalue weighted by atomic mass is 19.1. The van der Waals surface area contributed by atoms with E-state index < -0.39 is 0 Å². The lowest BCUT2D eigenvalue weighted by molar-refractivity contribution is -0.136. The second-order valence-corrected chi connectivity index (χ2v) is 8.36. The molecule has 4 nitrogen and oxygen atoms in total. The summed E-state index contributed by atoms with van der Waals surface area (Å²) in [7, 11) is 1.98. The molecule has 2 unspecified atom stereocenters. The average molecular weight is 376 g/mol. The molecule has 0 saturated carbocycles. The van der Waals surface area contributed by atoms with Crippen molar-refractivity contribution in [3.05, 3.63) is 30.1 Å². The number of likely N-dealkylation sites (tertiary alicyclic amines) is 1. The van der Waals surface area contributed by atoms with E-state index in [9.17, 15) is 9.18 Å². The monoisotopic (exact) mass is 375 g/mol. The number of carbonyl (C=O) groups is 1. The standard InChI is InChI=1S/C22H34FN3O/c1-5-22(6-2)15-20(24(4)21(22)27)11-12-25-13-14-26(16-17(25)3)19-9-7-18(23)8-10-19/h7-10,17,20H,5-6,11-16H2,1-4H3. The number of rotatable bonds is 6. The van der Waals surface area contributed by atoms with Crippen LogP contribution in [0.15, 0.2) is 24.3 Å². The fraction of sp³-hybridized carbons (Fsp3) is 0.682. The first-order chi connectivity index (χ1) is 12.9. The molecule has 0 radical (unpaired) electrons. The van der Waals surface area contributed by atoms with E-state index in [4.69, 9.17) is 0 Å². The fourth-order valence-corrected chi connectivity index (χ4v) is 4.88. The summed E-state index contributed by atoms with van der Waals surface area (Å²) in [6, 6.07) is 7.62. The van der Waals surface area contributed by atoms with Crippen molar-refractivity contribution in [3.63, 3.8) is 0 Å². The quantitative estimate of drug-likeness (QED) is 0.757. The van der Waals surface area contributed by atoms with Gasteiger partial charge >= 0.3 is 0 Å². The zero-order valence-electron chi connectivity index (χ0n) is 17.2. The van der Waals surface area contributed by atoms with Gasteiger partial charge in [0, 0.05) is 51.0 Å². The van der Waals surface area contributed by atoms with Crippen LogP contribution in [0.4, 0.5) is 10.1 Å². The van der Waals surface area contributed by atoms with Crippen molar-refractivity contribution in [2.45, 2.75) is 58.5 Å².